The van der Waals surface area contributed by atoms with E-state index in [-0.39, 0.29) is 10.0 Å². The van der Waals surface area contributed by atoms with Crippen molar-refractivity contribution in [2.45, 2.75) is 6.18 Å². The molecule has 1 aromatic rings. The average Bonchev–Trinajstić information content (AvgIpc) is 2.29. The van der Waals surface area contributed by atoms with E-state index >= 15 is 0 Å². The summed E-state index contributed by atoms with van der Waals surface area (Å²) in [5.74, 6) is -1.11. The van der Waals surface area contributed by atoms with Crippen molar-refractivity contribution in [3.63, 3.8) is 0 Å². The summed E-state index contributed by atoms with van der Waals surface area (Å²) < 4.78 is 36.6. The van der Waals surface area contributed by atoms with Gasteiger partial charge in [-0.2, -0.15) is 13.2 Å². The molecule has 1 aromatic carbocycles. The van der Waals surface area contributed by atoms with E-state index in [1.54, 1.807) is 0 Å². The molecule has 0 heterocycles. The molecule has 0 radical (unpaired) electrons. The predicted molar refractivity (Wildman–Crippen MR) is 66.1 cm³/mol. The van der Waals surface area contributed by atoms with Crippen LogP contribution in [0.3, 0.4) is 0 Å². The van der Waals surface area contributed by atoms with E-state index in [0.29, 0.717) is 4.90 Å². The van der Waals surface area contributed by atoms with Gasteiger partial charge in [-0.05, 0) is 0 Å². The lowest BCUT2D eigenvalue weighted by molar-refractivity contribution is -0.384. The van der Waals surface area contributed by atoms with Crippen LogP contribution >= 0.6 is 23.2 Å². The van der Waals surface area contributed by atoms with Crippen LogP contribution in [0.4, 0.5) is 18.9 Å². The van der Waals surface area contributed by atoms with E-state index in [1.807, 2.05) is 0 Å². The SMILES string of the molecule is CN(CC(F)(F)F)C(=O)c1cc([N+](=O)[O-])cc(Cl)c1Cl. The zero-order chi connectivity index (χ0) is 15.7. The number of hydrogen-bond donors (Lipinski definition) is 0. The fourth-order valence-electron chi connectivity index (χ4n) is 1.38. The molecule has 0 saturated carbocycles. The number of carbonyl (C=O) groups excluding carboxylic acids is 1. The number of benzene rings is 1. The molecule has 0 atom stereocenters. The molecule has 0 N–H and O–H groups in total. The minimum atomic E-state index is -4.60. The molecule has 110 valence electrons. The van der Waals surface area contributed by atoms with Crippen molar-refractivity contribution in [2.24, 2.45) is 0 Å². The molecule has 1 amide bonds. The fourth-order valence-corrected chi connectivity index (χ4v) is 1.79. The lowest BCUT2D eigenvalue weighted by atomic mass is 10.1. The van der Waals surface area contributed by atoms with Gasteiger partial charge in [0, 0.05) is 19.2 Å². The van der Waals surface area contributed by atoms with Crippen LogP contribution in [0.2, 0.25) is 10.0 Å². The summed E-state index contributed by atoms with van der Waals surface area (Å²) in [7, 11) is 0.902. The van der Waals surface area contributed by atoms with Crippen molar-refractivity contribution in [2.75, 3.05) is 13.6 Å². The molecule has 0 saturated heterocycles. The minimum absolute atomic E-state index is 0.287. The second-order valence-corrected chi connectivity index (χ2v) is 4.61. The van der Waals surface area contributed by atoms with Gasteiger partial charge in [-0.3, -0.25) is 14.9 Å². The van der Waals surface area contributed by atoms with Crippen molar-refractivity contribution >= 4 is 34.8 Å². The number of halogens is 5. The maximum Gasteiger partial charge on any atom is 0.406 e. The van der Waals surface area contributed by atoms with Crippen LogP contribution in [0.5, 0.6) is 0 Å². The summed E-state index contributed by atoms with van der Waals surface area (Å²) in [5.41, 5.74) is -0.999. The Bertz CT molecular complexity index is 563. The standard InChI is InChI=1S/C10H7Cl2F3N2O3/c1-16(4-10(13,14)15)9(18)6-2-5(17(19)20)3-7(11)8(6)12/h2-3H,4H2,1H3. The van der Waals surface area contributed by atoms with Crippen LogP contribution < -0.4 is 0 Å². The zero-order valence-electron chi connectivity index (χ0n) is 9.87. The monoisotopic (exact) mass is 330 g/mol. The second kappa shape index (κ2) is 5.84. The van der Waals surface area contributed by atoms with E-state index in [9.17, 15) is 28.1 Å². The molecular formula is C10H7Cl2F3N2O3. The van der Waals surface area contributed by atoms with E-state index in [4.69, 9.17) is 23.2 Å². The van der Waals surface area contributed by atoms with Crippen LogP contribution in [0.1, 0.15) is 10.4 Å². The molecule has 0 aromatic heterocycles. The Morgan fingerprint density at radius 1 is 1.40 bits per heavy atom. The first-order chi connectivity index (χ1) is 9.03. The average molecular weight is 331 g/mol. The van der Waals surface area contributed by atoms with Crippen LogP contribution in [-0.2, 0) is 0 Å². The van der Waals surface area contributed by atoms with Gasteiger partial charge in [0.25, 0.3) is 11.6 Å². The first-order valence-corrected chi connectivity index (χ1v) is 5.74. The molecule has 0 bridgehead atoms. The van der Waals surface area contributed by atoms with Gasteiger partial charge >= 0.3 is 6.18 Å². The quantitative estimate of drug-likeness (QED) is 0.629. The molecule has 0 fully saturated rings. The van der Waals surface area contributed by atoms with E-state index in [0.717, 1.165) is 19.2 Å². The zero-order valence-corrected chi connectivity index (χ0v) is 11.4. The first kappa shape index (κ1) is 16.5. The molecule has 0 aliphatic carbocycles. The Morgan fingerprint density at radius 2 is 1.95 bits per heavy atom. The third-order valence-corrected chi connectivity index (χ3v) is 3.02. The van der Waals surface area contributed by atoms with Crippen molar-refractivity contribution in [1.29, 1.82) is 0 Å². The highest BCUT2D eigenvalue weighted by Gasteiger charge is 2.32. The number of alkyl halides is 3. The van der Waals surface area contributed by atoms with E-state index < -0.39 is 34.8 Å². The van der Waals surface area contributed by atoms with Crippen LogP contribution in [0.15, 0.2) is 12.1 Å². The van der Waals surface area contributed by atoms with Gasteiger partial charge in [0.2, 0.25) is 0 Å². The van der Waals surface area contributed by atoms with Crippen molar-refractivity contribution in [1.82, 2.24) is 4.90 Å². The number of non-ortho nitro benzene ring substituents is 1. The van der Waals surface area contributed by atoms with Crippen molar-refractivity contribution < 1.29 is 22.9 Å². The van der Waals surface area contributed by atoms with Gasteiger partial charge in [0.05, 0.1) is 20.5 Å². The lowest BCUT2D eigenvalue weighted by Gasteiger charge is -2.19. The molecule has 0 unspecified atom stereocenters. The van der Waals surface area contributed by atoms with Gasteiger partial charge in [0.1, 0.15) is 6.54 Å². The summed E-state index contributed by atoms with van der Waals surface area (Å²) in [6.07, 6.45) is -4.60. The van der Waals surface area contributed by atoms with Crippen LogP contribution in [-0.4, -0.2) is 35.5 Å². The molecule has 10 heteroatoms. The van der Waals surface area contributed by atoms with Gasteiger partial charge in [-0.1, -0.05) is 23.2 Å². The third-order valence-electron chi connectivity index (χ3n) is 2.22. The summed E-state index contributed by atoms with van der Waals surface area (Å²) in [6.45, 7) is -1.51. The van der Waals surface area contributed by atoms with Crippen molar-refractivity contribution in [3.05, 3.63) is 37.9 Å². The molecule has 0 aliphatic rings. The Balaban J connectivity index is 3.18. The number of carbonyl (C=O) groups is 1. The number of nitro benzene ring substituents is 1. The molecule has 0 spiro atoms. The third kappa shape index (κ3) is 3.97. The Kier molecular flexibility index (Phi) is 4.82. The Labute approximate surface area is 121 Å². The summed E-state index contributed by atoms with van der Waals surface area (Å²) in [6, 6.07) is 1.69. The van der Waals surface area contributed by atoms with Crippen LogP contribution in [0.25, 0.3) is 0 Å². The van der Waals surface area contributed by atoms with Gasteiger partial charge in [-0.15, -0.1) is 0 Å². The van der Waals surface area contributed by atoms with E-state index in [2.05, 4.69) is 0 Å². The first-order valence-electron chi connectivity index (χ1n) is 4.98. The number of nitro groups is 1. The Hall–Kier alpha value is -1.54. The number of rotatable bonds is 3. The number of hydrogen-bond acceptors (Lipinski definition) is 3. The smallest absolute Gasteiger partial charge is 0.333 e. The van der Waals surface area contributed by atoms with E-state index in [1.165, 1.54) is 0 Å². The summed E-state index contributed by atoms with van der Waals surface area (Å²) in [4.78, 5) is 22.0. The fraction of sp³-hybridized carbons (Fsp3) is 0.300. The molecular weight excluding hydrogens is 324 g/mol. The van der Waals surface area contributed by atoms with Crippen LogP contribution in [0, 0.1) is 10.1 Å². The molecule has 20 heavy (non-hydrogen) atoms. The number of amides is 1. The molecule has 0 aliphatic heterocycles. The predicted octanol–water partition coefficient (Wildman–Crippen LogP) is 3.54. The highest BCUT2D eigenvalue weighted by molar-refractivity contribution is 6.44. The topological polar surface area (TPSA) is 63.5 Å². The minimum Gasteiger partial charge on any atom is -0.333 e. The van der Waals surface area contributed by atoms with Gasteiger partial charge in [-0.25, -0.2) is 0 Å². The maximum absolute atomic E-state index is 12.2. The van der Waals surface area contributed by atoms with Gasteiger partial charge < -0.3 is 4.90 Å². The second-order valence-electron chi connectivity index (χ2n) is 3.82. The largest absolute Gasteiger partial charge is 0.406 e. The van der Waals surface area contributed by atoms with Crippen molar-refractivity contribution in [3.8, 4) is 0 Å². The summed E-state index contributed by atoms with van der Waals surface area (Å²) >= 11 is 11.3. The molecule has 1 rings (SSSR count). The molecule has 5 nitrogen and oxygen atoms in total. The normalized spacial score (nSPS) is 11.3. The van der Waals surface area contributed by atoms with Gasteiger partial charge in [0.15, 0.2) is 0 Å². The number of nitrogens with zero attached hydrogens (tertiary/aromatic N) is 2. The lowest BCUT2D eigenvalue weighted by Crippen LogP contribution is -2.36. The highest BCUT2D eigenvalue weighted by atomic mass is 35.5. The highest BCUT2D eigenvalue weighted by Crippen LogP contribution is 2.32. The Morgan fingerprint density at radius 3 is 2.40 bits per heavy atom. The maximum atomic E-state index is 12.2. The summed E-state index contributed by atoms with van der Waals surface area (Å²) in [5, 5.41) is 10.0.